The summed E-state index contributed by atoms with van der Waals surface area (Å²) in [4.78, 5) is 13.1. The van der Waals surface area contributed by atoms with Gasteiger partial charge in [0.1, 0.15) is 0 Å². The average molecular weight is 450 g/mol. The van der Waals surface area contributed by atoms with E-state index < -0.39 is 6.04 Å². The van der Waals surface area contributed by atoms with Crippen molar-refractivity contribution in [3.8, 4) is 11.5 Å². The number of aromatic hydroxyl groups is 1. The third-order valence-corrected chi connectivity index (χ3v) is 6.33. The smallest absolute Gasteiger partial charge is 0.163 e. The molecule has 1 aliphatic carbocycles. The van der Waals surface area contributed by atoms with Crippen LogP contribution in [0.4, 0.5) is 5.69 Å². The number of nitrogens with one attached hydrogen (secondary N) is 1. The van der Waals surface area contributed by atoms with Gasteiger partial charge in [0.05, 0.1) is 13.2 Å². The Balaban J connectivity index is 1.79. The molecule has 1 aliphatic heterocycles. The normalized spacial score (nSPS) is 18.3. The van der Waals surface area contributed by atoms with E-state index in [0.29, 0.717) is 17.7 Å². The second-order valence-electron chi connectivity index (χ2n) is 7.50. The molecule has 0 aromatic heterocycles. The number of methoxy groups -OCH3 is 1. The Morgan fingerprint density at radius 3 is 2.79 bits per heavy atom. The first kappa shape index (κ1) is 18.3. The first-order chi connectivity index (χ1) is 14.1. The Morgan fingerprint density at radius 1 is 1.14 bits per heavy atom. The van der Waals surface area contributed by atoms with E-state index in [1.807, 2.05) is 18.2 Å². The maximum Gasteiger partial charge on any atom is 0.163 e. The van der Waals surface area contributed by atoms with Crippen molar-refractivity contribution >= 4 is 43.7 Å². The number of rotatable bonds is 2. The van der Waals surface area contributed by atoms with Crippen molar-refractivity contribution in [3.05, 3.63) is 69.7 Å². The Kier molecular flexibility index (Phi) is 4.36. The largest absolute Gasteiger partial charge is 0.504 e. The number of ether oxygens (including phenoxy) is 1. The van der Waals surface area contributed by atoms with Gasteiger partial charge in [0.25, 0.3) is 0 Å². The number of hydrogen-bond acceptors (Lipinski definition) is 4. The number of phenolic OH excluding ortho intramolecular Hbond substituents is 1. The molecule has 0 fully saturated rings. The summed E-state index contributed by atoms with van der Waals surface area (Å²) < 4.78 is 6.13. The van der Waals surface area contributed by atoms with Gasteiger partial charge in [-0.15, -0.1) is 0 Å². The Hall–Kier alpha value is -2.79. The van der Waals surface area contributed by atoms with Crippen LogP contribution in [0, 0.1) is 0 Å². The summed E-state index contributed by atoms with van der Waals surface area (Å²) in [5.41, 5.74) is 4.59. The van der Waals surface area contributed by atoms with E-state index >= 15 is 0 Å². The van der Waals surface area contributed by atoms with E-state index in [0.717, 1.165) is 50.5 Å². The molecule has 4 nitrogen and oxygen atoms in total. The van der Waals surface area contributed by atoms with Crippen LogP contribution >= 0.6 is 15.9 Å². The number of benzene rings is 3. The zero-order chi connectivity index (χ0) is 20.1. The predicted octanol–water partition coefficient (Wildman–Crippen LogP) is 5.99. The van der Waals surface area contributed by atoms with Gasteiger partial charge >= 0.3 is 0 Å². The van der Waals surface area contributed by atoms with Crippen molar-refractivity contribution in [2.75, 3.05) is 12.4 Å². The van der Waals surface area contributed by atoms with Crippen molar-refractivity contribution in [2.45, 2.75) is 25.3 Å². The quantitative estimate of drug-likeness (QED) is 0.504. The van der Waals surface area contributed by atoms with Crippen LogP contribution < -0.4 is 10.1 Å². The molecule has 2 N–H and O–H groups in total. The molecule has 0 amide bonds. The fourth-order valence-corrected chi connectivity index (χ4v) is 5.06. The summed E-state index contributed by atoms with van der Waals surface area (Å²) in [6.07, 6.45) is 2.23. The molecule has 0 radical (unpaired) electrons. The van der Waals surface area contributed by atoms with Gasteiger partial charge < -0.3 is 15.2 Å². The van der Waals surface area contributed by atoms with E-state index in [9.17, 15) is 9.90 Å². The van der Waals surface area contributed by atoms with Gasteiger partial charge in [-0.1, -0.05) is 46.3 Å². The lowest BCUT2D eigenvalue weighted by atomic mass is 9.76. The molecule has 3 aromatic rings. The van der Waals surface area contributed by atoms with Crippen molar-refractivity contribution in [1.82, 2.24) is 0 Å². The summed E-state index contributed by atoms with van der Waals surface area (Å²) in [5, 5.41) is 16.7. The molecule has 146 valence electrons. The third kappa shape index (κ3) is 2.84. The number of fused-ring (bicyclic) bond motifs is 4. The van der Waals surface area contributed by atoms with Crippen molar-refractivity contribution in [1.29, 1.82) is 0 Å². The van der Waals surface area contributed by atoms with Gasteiger partial charge in [0.2, 0.25) is 0 Å². The molecule has 0 spiro atoms. The lowest BCUT2D eigenvalue weighted by molar-refractivity contribution is -0.116. The molecule has 0 bridgehead atoms. The van der Waals surface area contributed by atoms with Gasteiger partial charge in [-0.25, -0.2) is 0 Å². The predicted molar refractivity (Wildman–Crippen MR) is 118 cm³/mol. The van der Waals surface area contributed by atoms with E-state index in [-0.39, 0.29) is 11.5 Å². The fraction of sp³-hybridized carbons (Fsp3) is 0.208. The fourth-order valence-electron chi connectivity index (χ4n) is 4.61. The van der Waals surface area contributed by atoms with Gasteiger partial charge in [-0.05, 0) is 47.4 Å². The topological polar surface area (TPSA) is 58.6 Å². The lowest BCUT2D eigenvalue weighted by Gasteiger charge is -2.35. The minimum Gasteiger partial charge on any atom is -0.504 e. The van der Waals surface area contributed by atoms with Gasteiger partial charge in [0, 0.05) is 33.3 Å². The molecule has 0 saturated carbocycles. The highest BCUT2D eigenvalue weighted by Gasteiger charge is 2.36. The van der Waals surface area contributed by atoms with Crippen LogP contribution in [0.2, 0.25) is 0 Å². The SMILES string of the molecule is COc1cc(Br)cc([C@@H]2Nc3ccc4ccccc4c3C3=C2C(=O)CCC3)c1O. The highest BCUT2D eigenvalue weighted by atomic mass is 79.9. The van der Waals surface area contributed by atoms with Gasteiger partial charge in [-0.2, -0.15) is 0 Å². The minimum absolute atomic E-state index is 0.0580. The molecular formula is C24H20BrNO3. The highest BCUT2D eigenvalue weighted by molar-refractivity contribution is 9.10. The van der Waals surface area contributed by atoms with E-state index in [1.165, 1.54) is 7.11 Å². The lowest BCUT2D eigenvalue weighted by Crippen LogP contribution is -2.27. The monoisotopic (exact) mass is 449 g/mol. The van der Waals surface area contributed by atoms with Crippen molar-refractivity contribution in [2.24, 2.45) is 0 Å². The standard InChI is InChI=1S/C24H20BrNO3/c1-29-20-12-14(25)11-17(24(20)28)23-22-16(7-4-8-19(22)27)21-15-6-3-2-5-13(15)9-10-18(21)26-23/h2-3,5-6,9-12,23,26,28H,4,7-8H2,1H3/t23-/m0/s1. The zero-order valence-corrected chi connectivity index (χ0v) is 17.5. The number of Topliss-reactive ketones (excluding diaryl/α,β-unsaturated/α-hetero) is 1. The number of carbonyl (C=O) groups is 1. The number of carbonyl (C=O) groups excluding carboxylic acids is 1. The maximum absolute atomic E-state index is 13.1. The van der Waals surface area contributed by atoms with Crippen LogP contribution in [0.25, 0.3) is 16.3 Å². The summed E-state index contributed by atoms with van der Waals surface area (Å²) in [7, 11) is 1.53. The first-order valence-corrected chi connectivity index (χ1v) is 10.5. The molecule has 5 rings (SSSR count). The van der Waals surface area contributed by atoms with E-state index in [1.54, 1.807) is 6.07 Å². The van der Waals surface area contributed by atoms with Crippen molar-refractivity contribution < 1.29 is 14.6 Å². The van der Waals surface area contributed by atoms with Crippen LogP contribution in [0.5, 0.6) is 11.5 Å². The van der Waals surface area contributed by atoms with Gasteiger partial charge in [-0.3, -0.25) is 4.79 Å². The third-order valence-electron chi connectivity index (χ3n) is 5.88. The molecule has 29 heavy (non-hydrogen) atoms. The van der Waals surface area contributed by atoms with Crippen LogP contribution in [-0.4, -0.2) is 18.0 Å². The first-order valence-electron chi connectivity index (χ1n) is 9.69. The molecule has 1 heterocycles. The van der Waals surface area contributed by atoms with Crippen LogP contribution in [0.15, 0.2) is 58.6 Å². The number of hydrogen-bond donors (Lipinski definition) is 2. The summed E-state index contributed by atoms with van der Waals surface area (Å²) in [6.45, 7) is 0. The minimum atomic E-state index is -0.419. The Bertz CT molecular complexity index is 1200. The summed E-state index contributed by atoms with van der Waals surface area (Å²) in [6, 6.07) is 15.6. The van der Waals surface area contributed by atoms with Gasteiger partial charge in [0.15, 0.2) is 17.3 Å². The highest BCUT2D eigenvalue weighted by Crippen LogP contribution is 2.50. The molecule has 0 unspecified atom stereocenters. The zero-order valence-electron chi connectivity index (χ0n) is 16.0. The van der Waals surface area contributed by atoms with E-state index in [4.69, 9.17) is 4.74 Å². The second kappa shape index (κ2) is 6.92. The Labute approximate surface area is 177 Å². The number of phenols is 1. The second-order valence-corrected chi connectivity index (χ2v) is 8.42. The number of ketones is 1. The van der Waals surface area contributed by atoms with E-state index in [2.05, 4.69) is 45.5 Å². The van der Waals surface area contributed by atoms with Crippen molar-refractivity contribution in [3.63, 3.8) is 0 Å². The molecule has 3 aromatic carbocycles. The number of anilines is 1. The summed E-state index contributed by atoms with van der Waals surface area (Å²) in [5.74, 6) is 0.578. The Morgan fingerprint density at radius 2 is 1.97 bits per heavy atom. The molecular weight excluding hydrogens is 430 g/mol. The number of halogens is 1. The molecule has 1 atom stereocenters. The van der Waals surface area contributed by atoms with Crippen LogP contribution in [0.1, 0.15) is 36.4 Å². The van der Waals surface area contributed by atoms with Crippen LogP contribution in [-0.2, 0) is 4.79 Å². The summed E-state index contributed by atoms with van der Waals surface area (Å²) >= 11 is 3.50. The molecule has 2 aliphatic rings. The maximum atomic E-state index is 13.1. The molecule has 0 saturated heterocycles. The average Bonchev–Trinajstić information content (AvgIpc) is 2.74. The molecule has 5 heteroatoms. The number of allylic oxidation sites excluding steroid dienone is 1. The van der Waals surface area contributed by atoms with Crippen LogP contribution in [0.3, 0.4) is 0 Å².